The van der Waals surface area contributed by atoms with Crippen LogP contribution in [0, 0.1) is 6.92 Å². The number of benzene rings is 2. The summed E-state index contributed by atoms with van der Waals surface area (Å²) in [5, 5.41) is 2.69. The third-order valence-electron chi connectivity index (χ3n) is 3.12. The van der Waals surface area contributed by atoms with Gasteiger partial charge in [0.05, 0.1) is 16.7 Å². The van der Waals surface area contributed by atoms with Crippen LogP contribution in [0.25, 0.3) is 11.0 Å². The fourth-order valence-corrected chi connectivity index (χ4v) is 2.06. The minimum atomic E-state index is -0.497. The summed E-state index contributed by atoms with van der Waals surface area (Å²) in [5.41, 5.74) is 3.95. The van der Waals surface area contributed by atoms with Gasteiger partial charge in [-0.1, -0.05) is 30.3 Å². The highest BCUT2D eigenvalue weighted by molar-refractivity contribution is 5.88. The molecule has 3 aromatic rings. The molecule has 0 atom stereocenters. The van der Waals surface area contributed by atoms with Gasteiger partial charge in [-0.05, 0) is 30.7 Å². The Kier molecular flexibility index (Phi) is 3.96. The lowest BCUT2D eigenvalue weighted by molar-refractivity contribution is 0.155. The van der Waals surface area contributed by atoms with Crippen LogP contribution < -0.4 is 5.32 Å². The average molecular weight is 293 g/mol. The van der Waals surface area contributed by atoms with Gasteiger partial charge >= 0.3 is 6.09 Å². The quantitative estimate of drug-likeness (QED) is 0.800. The van der Waals surface area contributed by atoms with Crippen molar-refractivity contribution >= 4 is 22.8 Å². The summed E-state index contributed by atoms with van der Waals surface area (Å²) < 4.78 is 5.18. The van der Waals surface area contributed by atoms with Gasteiger partial charge < -0.3 is 4.74 Å². The van der Waals surface area contributed by atoms with Crippen molar-refractivity contribution < 1.29 is 9.53 Å². The van der Waals surface area contributed by atoms with Crippen molar-refractivity contribution in [3.8, 4) is 0 Å². The minimum Gasteiger partial charge on any atom is -0.444 e. The predicted molar refractivity (Wildman–Crippen MR) is 84.5 cm³/mol. The van der Waals surface area contributed by atoms with E-state index in [0.29, 0.717) is 5.69 Å². The van der Waals surface area contributed by atoms with Crippen molar-refractivity contribution in [3.63, 3.8) is 0 Å². The number of carbonyl (C=O) groups excluding carboxylic acids is 1. The zero-order valence-corrected chi connectivity index (χ0v) is 12.1. The van der Waals surface area contributed by atoms with E-state index in [1.807, 2.05) is 43.3 Å². The fraction of sp³-hybridized carbons (Fsp3) is 0.118. The van der Waals surface area contributed by atoms with Crippen molar-refractivity contribution in [2.45, 2.75) is 13.5 Å². The van der Waals surface area contributed by atoms with Crippen LogP contribution in [0.4, 0.5) is 10.5 Å². The number of carbonyl (C=O) groups is 1. The maximum absolute atomic E-state index is 11.8. The SMILES string of the molecule is Cc1cnc2cc(NC(=O)OCc3ccccc3)ccc2n1. The van der Waals surface area contributed by atoms with Crippen molar-refractivity contribution in [1.82, 2.24) is 9.97 Å². The van der Waals surface area contributed by atoms with E-state index < -0.39 is 6.09 Å². The first-order chi connectivity index (χ1) is 10.7. The fourth-order valence-electron chi connectivity index (χ4n) is 2.06. The van der Waals surface area contributed by atoms with Gasteiger partial charge in [0, 0.05) is 11.9 Å². The van der Waals surface area contributed by atoms with Gasteiger partial charge in [-0.15, -0.1) is 0 Å². The number of fused-ring (bicyclic) bond motifs is 1. The van der Waals surface area contributed by atoms with Crippen molar-refractivity contribution in [2.24, 2.45) is 0 Å². The molecule has 0 radical (unpaired) electrons. The smallest absolute Gasteiger partial charge is 0.411 e. The number of nitrogens with zero attached hydrogens (tertiary/aromatic N) is 2. The zero-order chi connectivity index (χ0) is 15.4. The molecule has 22 heavy (non-hydrogen) atoms. The molecule has 5 nitrogen and oxygen atoms in total. The van der Waals surface area contributed by atoms with Gasteiger partial charge in [0.2, 0.25) is 0 Å². The summed E-state index contributed by atoms with van der Waals surface area (Å²) in [5.74, 6) is 0. The Balaban J connectivity index is 1.65. The Hall–Kier alpha value is -2.95. The Bertz CT molecular complexity index is 803. The summed E-state index contributed by atoms with van der Waals surface area (Å²) in [6.07, 6.45) is 1.20. The van der Waals surface area contributed by atoms with E-state index in [1.165, 1.54) is 0 Å². The molecule has 0 unspecified atom stereocenters. The standard InChI is InChI=1S/C17H15N3O2/c1-12-10-18-16-9-14(7-8-15(16)19-12)20-17(21)22-11-13-5-3-2-4-6-13/h2-10H,11H2,1H3,(H,20,21). The number of aromatic nitrogens is 2. The third kappa shape index (κ3) is 3.38. The summed E-state index contributed by atoms with van der Waals surface area (Å²) in [7, 11) is 0. The Morgan fingerprint density at radius 3 is 2.77 bits per heavy atom. The molecule has 0 aliphatic heterocycles. The largest absolute Gasteiger partial charge is 0.444 e. The molecule has 1 aromatic heterocycles. The Labute approximate surface area is 128 Å². The highest BCUT2D eigenvalue weighted by Gasteiger charge is 2.05. The molecule has 0 spiro atoms. The molecule has 1 amide bonds. The molecular weight excluding hydrogens is 278 g/mol. The summed E-state index contributed by atoms with van der Waals surface area (Å²) in [6.45, 7) is 2.12. The van der Waals surface area contributed by atoms with Gasteiger partial charge in [-0.3, -0.25) is 10.3 Å². The first kappa shape index (κ1) is 14.0. The number of nitrogens with one attached hydrogen (secondary N) is 1. The predicted octanol–water partition coefficient (Wildman–Crippen LogP) is 3.69. The topological polar surface area (TPSA) is 64.1 Å². The number of aryl methyl sites for hydroxylation is 1. The normalized spacial score (nSPS) is 10.4. The Morgan fingerprint density at radius 1 is 1.14 bits per heavy atom. The highest BCUT2D eigenvalue weighted by Crippen LogP contribution is 2.16. The molecule has 1 heterocycles. The first-order valence-electron chi connectivity index (χ1n) is 6.92. The van der Waals surface area contributed by atoms with Gasteiger partial charge in [0.1, 0.15) is 6.61 Å². The van der Waals surface area contributed by atoms with Crippen molar-refractivity contribution in [3.05, 3.63) is 66.0 Å². The molecule has 5 heteroatoms. The lowest BCUT2D eigenvalue weighted by Crippen LogP contribution is -2.13. The molecule has 0 fully saturated rings. The third-order valence-corrected chi connectivity index (χ3v) is 3.12. The van der Waals surface area contributed by atoms with Crippen LogP contribution in [-0.4, -0.2) is 16.1 Å². The van der Waals surface area contributed by atoms with Crippen LogP contribution in [0.5, 0.6) is 0 Å². The lowest BCUT2D eigenvalue weighted by atomic mass is 10.2. The zero-order valence-electron chi connectivity index (χ0n) is 12.1. The van der Waals surface area contributed by atoms with Gasteiger partial charge in [0.15, 0.2) is 0 Å². The number of rotatable bonds is 3. The number of anilines is 1. The van der Waals surface area contributed by atoms with Crippen LogP contribution >= 0.6 is 0 Å². The highest BCUT2D eigenvalue weighted by atomic mass is 16.5. The second kappa shape index (κ2) is 6.22. The number of hydrogen-bond acceptors (Lipinski definition) is 4. The number of amides is 1. The van der Waals surface area contributed by atoms with Crippen LogP contribution in [-0.2, 0) is 11.3 Å². The van der Waals surface area contributed by atoms with Gasteiger partial charge in [0.25, 0.3) is 0 Å². The molecule has 3 rings (SSSR count). The van der Waals surface area contributed by atoms with E-state index in [9.17, 15) is 4.79 Å². The molecule has 0 bridgehead atoms. The average Bonchev–Trinajstić information content (AvgIpc) is 2.54. The maximum atomic E-state index is 11.8. The second-order valence-electron chi connectivity index (χ2n) is 4.90. The van der Waals surface area contributed by atoms with Crippen LogP contribution in [0.1, 0.15) is 11.3 Å². The Morgan fingerprint density at radius 2 is 1.95 bits per heavy atom. The molecule has 0 aliphatic rings. The minimum absolute atomic E-state index is 0.235. The monoisotopic (exact) mass is 293 g/mol. The van der Waals surface area contributed by atoms with E-state index in [-0.39, 0.29) is 6.61 Å². The first-order valence-corrected chi connectivity index (χ1v) is 6.92. The molecular formula is C17H15N3O2. The van der Waals surface area contributed by atoms with Gasteiger partial charge in [-0.2, -0.15) is 0 Å². The van der Waals surface area contributed by atoms with E-state index in [4.69, 9.17) is 4.74 Å². The van der Waals surface area contributed by atoms with Gasteiger partial charge in [-0.25, -0.2) is 9.78 Å². The molecule has 0 aliphatic carbocycles. The number of hydrogen-bond donors (Lipinski definition) is 1. The van der Waals surface area contributed by atoms with Crippen LogP contribution in [0.3, 0.4) is 0 Å². The van der Waals surface area contributed by atoms with E-state index >= 15 is 0 Å². The van der Waals surface area contributed by atoms with Crippen LogP contribution in [0.15, 0.2) is 54.7 Å². The summed E-state index contributed by atoms with van der Waals surface area (Å²) in [4.78, 5) is 20.5. The summed E-state index contributed by atoms with van der Waals surface area (Å²) >= 11 is 0. The molecule has 2 aromatic carbocycles. The van der Waals surface area contributed by atoms with E-state index in [1.54, 1.807) is 18.3 Å². The van der Waals surface area contributed by atoms with E-state index in [2.05, 4.69) is 15.3 Å². The van der Waals surface area contributed by atoms with Crippen LogP contribution in [0.2, 0.25) is 0 Å². The molecule has 0 saturated heterocycles. The maximum Gasteiger partial charge on any atom is 0.411 e. The second-order valence-corrected chi connectivity index (χ2v) is 4.90. The van der Waals surface area contributed by atoms with Crippen molar-refractivity contribution in [1.29, 1.82) is 0 Å². The lowest BCUT2D eigenvalue weighted by Gasteiger charge is -2.07. The van der Waals surface area contributed by atoms with Crippen molar-refractivity contribution in [2.75, 3.05) is 5.32 Å². The van der Waals surface area contributed by atoms with E-state index in [0.717, 1.165) is 22.3 Å². The summed E-state index contributed by atoms with van der Waals surface area (Å²) in [6, 6.07) is 14.9. The molecule has 1 N–H and O–H groups in total. The molecule has 0 saturated carbocycles. The molecule has 110 valence electrons. The number of ether oxygens (including phenoxy) is 1.